The van der Waals surface area contributed by atoms with Crippen molar-refractivity contribution in [1.29, 1.82) is 0 Å². The van der Waals surface area contributed by atoms with Crippen LogP contribution >= 0.6 is 0 Å². The Morgan fingerprint density at radius 3 is 2.72 bits per heavy atom. The summed E-state index contributed by atoms with van der Waals surface area (Å²) in [5.74, 6) is 0.780. The van der Waals surface area contributed by atoms with Crippen LogP contribution in [-0.2, 0) is 17.4 Å². The number of halogens is 3. The van der Waals surface area contributed by atoms with Gasteiger partial charge < -0.3 is 14.4 Å². The highest BCUT2D eigenvalue weighted by atomic mass is 19.4. The van der Waals surface area contributed by atoms with Crippen LogP contribution in [0.3, 0.4) is 0 Å². The van der Waals surface area contributed by atoms with Gasteiger partial charge in [0, 0.05) is 11.5 Å². The van der Waals surface area contributed by atoms with Gasteiger partial charge in [0.2, 0.25) is 5.88 Å². The van der Waals surface area contributed by atoms with E-state index in [1.807, 2.05) is 0 Å². The summed E-state index contributed by atoms with van der Waals surface area (Å²) in [5.41, 5.74) is 1.21. The molecule has 2 aromatic carbocycles. The maximum absolute atomic E-state index is 12.7. The molecule has 1 aliphatic heterocycles. The number of alkyl halides is 3. The molecule has 25 heavy (non-hydrogen) atoms. The van der Waals surface area contributed by atoms with Gasteiger partial charge in [0.05, 0.1) is 17.7 Å². The fraction of sp³-hybridized carbons (Fsp3) is 0.118. The van der Waals surface area contributed by atoms with Crippen LogP contribution in [0.15, 0.2) is 48.5 Å². The van der Waals surface area contributed by atoms with Crippen LogP contribution in [-0.4, -0.2) is 17.1 Å². The molecule has 0 unspecified atom stereocenters. The molecule has 8 heteroatoms. The Bertz CT molecular complexity index is 962. The molecule has 4 rings (SSSR count). The average Bonchev–Trinajstić information content (AvgIpc) is 2.94. The first kappa shape index (κ1) is 15.9. The predicted octanol–water partition coefficient (Wildman–Crippen LogP) is 3.26. The van der Waals surface area contributed by atoms with Gasteiger partial charge in [-0.3, -0.25) is 0 Å². The van der Waals surface area contributed by atoms with E-state index in [2.05, 4.69) is 4.98 Å². The lowest BCUT2D eigenvalue weighted by molar-refractivity contribution is -0.137. The summed E-state index contributed by atoms with van der Waals surface area (Å²) in [4.78, 5) is 4.23. The molecule has 126 valence electrons. The molecule has 1 aliphatic rings. The summed E-state index contributed by atoms with van der Waals surface area (Å²) in [6, 6.07) is 11.5. The minimum atomic E-state index is -4.39. The van der Waals surface area contributed by atoms with Crippen molar-refractivity contribution < 1.29 is 27.6 Å². The molecule has 3 aromatic rings. The third kappa shape index (κ3) is 3.06. The number of fused-ring (bicyclic) bond motifs is 2. The monoisotopic (exact) mass is 345 g/mol. The topological polar surface area (TPSA) is 51.6 Å². The highest BCUT2D eigenvalue weighted by molar-refractivity contribution is 6.61. The molecule has 2 heterocycles. The summed E-state index contributed by atoms with van der Waals surface area (Å²) < 4.78 is 49.0. The van der Waals surface area contributed by atoms with E-state index in [-0.39, 0.29) is 5.88 Å². The summed E-state index contributed by atoms with van der Waals surface area (Å²) in [6.07, 6.45) is -4.39. The molecule has 0 fully saturated rings. The first-order valence-corrected chi connectivity index (χ1v) is 7.48. The number of aromatic nitrogens is 1. The highest BCUT2D eigenvalue weighted by Gasteiger charge is 2.30. The highest BCUT2D eigenvalue weighted by Crippen LogP contribution is 2.32. The van der Waals surface area contributed by atoms with Gasteiger partial charge in [-0.1, -0.05) is 6.07 Å². The molecule has 0 amide bonds. The van der Waals surface area contributed by atoms with E-state index in [1.54, 1.807) is 18.2 Å². The van der Waals surface area contributed by atoms with Crippen LogP contribution in [0.25, 0.3) is 10.9 Å². The van der Waals surface area contributed by atoms with E-state index < -0.39 is 18.9 Å². The van der Waals surface area contributed by atoms with Crippen molar-refractivity contribution in [2.24, 2.45) is 0 Å². The fourth-order valence-electron chi connectivity index (χ4n) is 2.73. The standard InChI is InChI=1S/C17H11BF3NO3/c19-17(20,21)12-2-5-15-10(7-12)1-6-16(22-15)25-13-3-4-14-11(8-13)9-24-18(14)23/h1-8,23H,9H2. The molecule has 0 spiro atoms. The predicted molar refractivity (Wildman–Crippen MR) is 85.7 cm³/mol. The van der Waals surface area contributed by atoms with Crippen LogP contribution in [0.4, 0.5) is 13.2 Å². The van der Waals surface area contributed by atoms with E-state index in [1.165, 1.54) is 18.2 Å². The number of hydrogen-bond acceptors (Lipinski definition) is 4. The van der Waals surface area contributed by atoms with Gasteiger partial charge in [0.1, 0.15) is 5.75 Å². The summed E-state index contributed by atoms with van der Waals surface area (Å²) in [6.45, 7) is 0.291. The number of rotatable bonds is 2. The van der Waals surface area contributed by atoms with Crippen LogP contribution < -0.4 is 10.2 Å². The van der Waals surface area contributed by atoms with Gasteiger partial charge >= 0.3 is 13.3 Å². The second kappa shape index (κ2) is 5.75. The van der Waals surface area contributed by atoms with Gasteiger partial charge in [-0.05, 0) is 47.4 Å². The maximum Gasteiger partial charge on any atom is 0.491 e. The van der Waals surface area contributed by atoms with Gasteiger partial charge in [-0.2, -0.15) is 13.2 Å². The zero-order valence-corrected chi connectivity index (χ0v) is 12.7. The molecule has 0 bridgehead atoms. The lowest BCUT2D eigenvalue weighted by Gasteiger charge is -2.09. The van der Waals surface area contributed by atoms with Crippen molar-refractivity contribution in [3.8, 4) is 11.6 Å². The Kier molecular flexibility index (Phi) is 3.66. The third-order valence-electron chi connectivity index (χ3n) is 3.99. The molecule has 0 atom stereocenters. The molecule has 0 aliphatic carbocycles. The largest absolute Gasteiger partial charge is 0.491 e. The van der Waals surface area contributed by atoms with Gasteiger partial charge in [-0.15, -0.1) is 0 Å². The van der Waals surface area contributed by atoms with Crippen molar-refractivity contribution in [3.63, 3.8) is 0 Å². The molecular weight excluding hydrogens is 334 g/mol. The number of pyridine rings is 1. The van der Waals surface area contributed by atoms with Crippen LogP contribution in [0.5, 0.6) is 11.6 Å². The Labute approximate surface area is 141 Å². The Balaban J connectivity index is 1.62. The normalized spacial score (nSPS) is 14.0. The molecule has 0 saturated carbocycles. The molecular formula is C17H11BF3NO3. The van der Waals surface area contributed by atoms with Crippen LogP contribution in [0.1, 0.15) is 11.1 Å². The van der Waals surface area contributed by atoms with Crippen molar-refractivity contribution >= 4 is 23.5 Å². The van der Waals surface area contributed by atoms with Crippen LogP contribution in [0.2, 0.25) is 0 Å². The van der Waals surface area contributed by atoms with E-state index >= 15 is 0 Å². The lowest BCUT2D eigenvalue weighted by atomic mass is 9.80. The Hall–Kier alpha value is -2.58. The van der Waals surface area contributed by atoms with Crippen LogP contribution in [0, 0.1) is 0 Å². The van der Waals surface area contributed by atoms with Gasteiger partial charge in [0.25, 0.3) is 0 Å². The van der Waals surface area contributed by atoms with Crippen molar-refractivity contribution in [2.75, 3.05) is 0 Å². The molecule has 1 N–H and O–H groups in total. The van der Waals surface area contributed by atoms with Crippen molar-refractivity contribution in [1.82, 2.24) is 4.98 Å². The van der Waals surface area contributed by atoms with E-state index in [4.69, 9.17) is 9.39 Å². The van der Waals surface area contributed by atoms with E-state index in [9.17, 15) is 18.2 Å². The second-order valence-electron chi connectivity index (χ2n) is 5.68. The Morgan fingerprint density at radius 2 is 1.92 bits per heavy atom. The molecule has 1 aromatic heterocycles. The quantitative estimate of drug-likeness (QED) is 0.725. The minimum absolute atomic E-state index is 0.270. The zero-order chi connectivity index (χ0) is 17.6. The third-order valence-corrected chi connectivity index (χ3v) is 3.99. The average molecular weight is 345 g/mol. The van der Waals surface area contributed by atoms with Gasteiger partial charge in [-0.25, -0.2) is 4.98 Å². The first-order chi connectivity index (χ1) is 11.9. The fourth-order valence-corrected chi connectivity index (χ4v) is 2.73. The summed E-state index contributed by atoms with van der Waals surface area (Å²) in [7, 11) is -0.925. The SMILES string of the molecule is OB1OCc2cc(Oc3ccc4cc(C(F)(F)F)ccc4n3)ccc21. The lowest BCUT2D eigenvalue weighted by Crippen LogP contribution is -2.27. The van der Waals surface area contributed by atoms with E-state index in [0.717, 1.165) is 17.7 Å². The number of nitrogens with zero attached hydrogens (tertiary/aromatic N) is 1. The number of benzene rings is 2. The van der Waals surface area contributed by atoms with E-state index in [0.29, 0.717) is 28.7 Å². The smallest absolute Gasteiger partial charge is 0.439 e. The number of hydrogen-bond donors (Lipinski definition) is 1. The summed E-state index contributed by atoms with van der Waals surface area (Å²) >= 11 is 0. The molecule has 0 radical (unpaired) electrons. The number of ether oxygens (including phenoxy) is 1. The minimum Gasteiger partial charge on any atom is -0.439 e. The van der Waals surface area contributed by atoms with Crippen molar-refractivity contribution in [3.05, 3.63) is 59.7 Å². The van der Waals surface area contributed by atoms with Crippen molar-refractivity contribution in [2.45, 2.75) is 12.8 Å². The molecule has 0 saturated heterocycles. The second-order valence-corrected chi connectivity index (χ2v) is 5.68. The molecule has 4 nitrogen and oxygen atoms in total. The maximum atomic E-state index is 12.7. The Morgan fingerprint density at radius 1 is 1.08 bits per heavy atom. The van der Waals surface area contributed by atoms with Gasteiger partial charge in [0.15, 0.2) is 0 Å². The first-order valence-electron chi connectivity index (χ1n) is 7.48. The summed E-state index contributed by atoms with van der Waals surface area (Å²) in [5, 5.41) is 9.99. The zero-order valence-electron chi connectivity index (χ0n) is 12.7.